The van der Waals surface area contributed by atoms with Crippen molar-refractivity contribution in [2.45, 2.75) is 13.8 Å². The second kappa shape index (κ2) is 15.7. The number of hydrogen-bond donors (Lipinski definition) is 0. The zero-order chi connectivity index (χ0) is 47.6. The molecule has 0 N–H and O–H groups in total. The first-order chi connectivity index (χ1) is 35.6. The Morgan fingerprint density at radius 1 is 0.181 bits per heavy atom. The molecule has 0 saturated carbocycles. The van der Waals surface area contributed by atoms with E-state index in [-0.39, 0.29) is 0 Å². The van der Waals surface area contributed by atoms with Crippen LogP contribution in [0.4, 0.5) is 0 Å². The molecule has 334 valence electrons. The smallest absolute Gasteiger partial charge is 0.000730 e. The average molecular weight is 911 g/mol. The van der Waals surface area contributed by atoms with Gasteiger partial charge in [0.1, 0.15) is 0 Å². The molecular weight excluding hydrogens is 865 g/mol. The molecular formula is C72H46. The second-order valence-corrected chi connectivity index (χ2v) is 19.9. The molecule has 2 aliphatic rings. The molecule has 2 aliphatic carbocycles. The zero-order valence-electron chi connectivity index (χ0n) is 40.1. The molecule has 0 fully saturated rings. The van der Waals surface area contributed by atoms with E-state index < -0.39 is 0 Å². The van der Waals surface area contributed by atoms with Crippen LogP contribution < -0.4 is 0 Å². The fraction of sp³-hybridized carbons (Fsp3) is 0.0278. The highest BCUT2D eigenvalue weighted by Crippen LogP contribution is 2.64. The summed E-state index contributed by atoms with van der Waals surface area (Å²) in [6, 6.07) is 90.7. The molecule has 0 nitrogen and oxygen atoms in total. The van der Waals surface area contributed by atoms with Crippen LogP contribution in [-0.2, 0) is 0 Å². The van der Waals surface area contributed by atoms with Crippen LogP contribution in [-0.4, -0.2) is 0 Å². The molecule has 0 unspecified atom stereocenters. The van der Waals surface area contributed by atoms with Gasteiger partial charge in [-0.1, -0.05) is 218 Å². The number of fused-ring (bicyclic) bond motifs is 9. The summed E-state index contributed by atoms with van der Waals surface area (Å²) >= 11 is 0. The summed E-state index contributed by atoms with van der Waals surface area (Å²) < 4.78 is 0. The number of aryl methyl sites for hydroxylation is 2. The lowest BCUT2D eigenvalue weighted by atomic mass is 9.81. The molecule has 0 heteroatoms. The molecule has 13 aromatic carbocycles. The van der Waals surface area contributed by atoms with E-state index in [1.54, 1.807) is 0 Å². The third-order valence-corrected chi connectivity index (χ3v) is 15.9. The van der Waals surface area contributed by atoms with Crippen molar-refractivity contribution in [1.82, 2.24) is 0 Å². The van der Waals surface area contributed by atoms with Crippen molar-refractivity contribution in [2.24, 2.45) is 0 Å². The molecule has 0 saturated heterocycles. The van der Waals surface area contributed by atoms with E-state index in [1.165, 1.54) is 165 Å². The SMILES string of the molecule is Cc1cc2c3c(cc(C)c4c3c1-c1cc3c(-c5ccccc5)c5ccccc5c(-c5cccc(-c6ccccc6)c5)c3cc1-4)-c1c-2c(-c2ccccc2)c2ccccc2c1-c1cccc(-c2ccccc2)c1. The van der Waals surface area contributed by atoms with E-state index >= 15 is 0 Å². The van der Waals surface area contributed by atoms with Crippen molar-refractivity contribution in [3.8, 4) is 111 Å². The van der Waals surface area contributed by atoms with Crippen LogP contribution in [0.2, 0.25) is 0 Å². The molecule has 0 amide bonds. The Morgan fingerprint density at radius 2 is 0.500 bits per heavy atom. The Bertz CT molecular complexity index is 4410. The first-order valence-electron chi connectivity index (χ1n) is 25.2. The summed E-state index contributed by atoms with van der Waals surface area (Å²) in [7, 11) is 0. The first kappa shape index (κ1) is 40.8. The van der Waals surface area contributed by atoms with Crippen LogP contribution in [0.3, 0.4) is 0 Å². The van der Waals surface area contributed by atoms with Gasteiger partial charge in [-0.3, -0.25) is 0 Å². The average Bonchev–Trinajstić information content (AvgIpc) is 3.94. The van der Waals surface area contributed by atoms with Crippen molar-refractivity contribution < 1.29 is 0 Å². The van der Waals surface area contributed by atoms with Gasteiger partial charge in [0.25, 0.3) is 0 Å². The van der Waals surface area contributed by atoms with E-state index in [4.69, 9.17) is 0 Å². The van der Waals surface area contributed by atoms with E-state index in [0.717, 1.165) is 0 Å². The van der Waals surface area contributed by atoms with Gasteiger partial charge in [-0.15, -0.1) is 0 Å². The van der Waals surface area contributed by atoms with Gasteiger partial charge in [0.15, 0.2) is 0 Å². The van der Waals surface area contributed by atoms with Gasteiger partial charge in [0.05, 0.1) is 0 Å². The largest absolute Gasteiger partial charge is 0.0622 e. The molecule has 0 spiro atoms. The highest BCUT2D eigenvalue weighted by molar-refractivity contribution is 6.34. The Balaban J connectivity index is 1.06. The van der Waals surface area contributed by atoms with Crippen LogP contribution >= 0.6 is 0 Å². The van der Waals surface area contributed by atoms with Gasteiger partial charge in [-0.2, -0.15) is 0 Å². The van der Waals surface area contributed by atoms with Crippen LogP contribution in [0.5, 0.6) is 0 Å². The highest BCUT2D eigenvalue weighted by Gasteiger charge is 2.37. The van der Waals surface area contributed by atoms with Gasteiger partial charge >= 0.3 is 0 Å². The first-order valence-corrected chi connectivity index (χ1v) is 25.2. The zero-order valence-corrected chi connectivity index (χ0v) is 40.1. The maximum Gasteiger partial charge on any atom is -0.000730 e. The van der Waals surface area contributed by atoms with Crippen molar-refractivity contribution in [3.05, 3.63) is 254 Å². The summed E-state index contributed by atoms with van der Waals surface area (Å²) in [5.41, 5.74) is 28.2. The Kier molecular flexibility index (Phi) is 8.89. The summed E-state index contributed by atoms with van der Waals surface area (Å²) in [5.74, 6) is 0. The molecule has 13 aromatic rings. The normalized spacial score (nSPS) is 12.0. The lowest BCUT2D eigenvalue weighted by Crippen LogP contribution is -1.94. The third-order valence-electron chi connectivity index (χ3n) is 15.9. The minimum Gasteiger partial charge on any atom is -0.0622 e. The Labute approximate surface area is 419 Å². The summed E-state index contributed by atoms with van der Waals surface area (Å²) in [5, 5.41) is 10.4. The van der Waals surface area contributed by atoms with Gasteiger partial charge in [0, 0.05) is 0 Å². The maximum atomic E-state index is 2.57. The molecule has 0 bridgehead atoms. The summed E-state index contributed by atoms with van der Waals surface area (Å²) in [4.78, 5) is 0. The van der Waals surface area contributed by atoms with Crippen LogP contribution in [0.1, 0.15) is 11.1 Å². The Hall–Kier alpha value is -9.10. The van der Waals surface area contributed by atoms with Gasteiger partial charge in [0.2, 0.25) is 0 Å². The van der Waals surface area contributed by atoms with E-state index in [9.17, 15) is 0 Å². The van der Waals surface area contributed by atoms with Crippen molar-refractivity contribution in [1.29, 1.82) is 0 Å². The minimum absolute atomic E-state index is 1.22. The molecule has 0 heterocycles. The molecule has 0 aliphatic heterocycles. The predicted octanol–water partition coefficient (Wildman–Crippen LogP) is 20.2. The van der Waals surface area contributed by atoms with Crippen molar-refractivity contribution in [3.63, 3.8) is 0 Å². The number of hydrogen-bond acceptors (Lipinski definition) is 0. The lowest BCUT2D eigenvalue weighted by molar-refractivity contribution is 1.51. The van der Waals surface area contributed by atoms with E-state index in [0.29, 0.717) is 0 Å². The van der Waals surface area contributed by atoms with Crippen molar-refractivity contribution >= 4 is 43.1 Å². The van der Waals surface area contributed by atoms with Crippen LogP contribution in [0.25, 0.3) is 154 Å². The van der Waals surface area contributed by atoms with Crippen LogP contribution in [0.15, 0.2) is 243 Å². The third kappa shape index (κ3) is 5.87. The lowest BCUT2D eigenvalue weighted by Gasteiger charge is -2.21. The predicted molar refractivity (Wildman–Crippen MR) is 307 cm³/mol. The maximum absolute atomic E-state index is 2.57. The second-order valence-electron chi connectivity index (χ2n) is 19.9. The van der Waals surface area contributed by atoms with E-state index in [1.807, 2.05) is 0 Å². The topological polar surface area (TPSA) is 0 Å². The fourth-order valence-electron chi connectivity index (χ4n) is 13.0. The van der Waals surface area contributed by atoms with E-state index in [2.05, 4.69) is 257 Å². The van der Waals surface area contributed by atoms with Crippen molar-refractivity contribution in [2.75, 3.05) is 0 Å². The van der Waals surface area contributed by atoms with Gasteiger partial charge in [-0.25, -0.2) is 0 Å². The summed E-state index contributed by atoms with van der Waals surface area (Å²) in [6.45, 7) is 4.73. The molecule has 0 atom stereocenters. The van der Waals surface area contributed by atoms with Gasteiger partial charge < -0.3 is 0 Å². The van der Waals surface area contributed by atoms with Crippen LogP contribution in [0, 0.1) is 13.8 Å². The van der Waals surface area contributed by atoms with Gasteiger partial charge in [-0.05, 0) is 204 Å². The minimum atomic E-state index is 1.22. The molecule has 0 radical (unpaired) electrons. The highest BCUT2D eigenvalue weighted by atomic mass is 14.4. The quantitative estimate of drug-likeness (QED) is 0.146. The molecule has 0 aromatic heterocycles. The summed E-state index contributed by atoms with van der Waals surface area (Å²) in [6.07, 6.45) is 0. The fourth-order valence-corrected chi connectivity index (χ4v) is 13.0. The number of rotatable bonds is 6. The monoisotopic (exact) mass is 910 g/mol. The Morgan fingerprint density at radius 3 is 0.944 bits per heavy atom. The number of benzene rings is 13. The standard InChI is InChI=1S/C72H46/c1-43-37-61-69-62(71-68(52-32-20-30-50(40-52)46-23-9-4-10-24-46)56-36-18-17-35-55(56)67(70(61)71)48-27-13-6-14-28-48)38-44(2)64-58-42-60-59(41-57(58)63(43)72(64)69)65(47-25-11-5-12-26-47)53-33-15-16-34-54(53)66(60)51-31-19-29-49(39-51)45-21-7-3-8-22-45/h3-42H,1-2H3. The molecule has 72 heavy (non-hydrogen) atoms. The molecule has 15 rings (SSSR count).